The summed E-state index contributed by atoms with van der Waals surface area (Å²) in [6, 6.07) is 7.26. The van der Waals surface area contributed by atoms with Crippen molar-refractivity contribution in [2.75, 3.05) is 6.54 Å². The molecule has 0 aliphatic rings. The van der Waals surface area contributed by atoms with Gasteiger partial charge < -0.3 is 15.2 Å². The third-order valence-electron chi connectivity index (χ3n) is 3.07. The van der Waals surface area contributed by atoms with Gasteiger partial charge in [-0.1, -0.05) is 12.1 Å². The molecular weight excluding hydrogens is 300 g/mol. The molecule has 0 aliphatic carbocycles. The second-order valence-electron chi connectivity index (χ2n) is 5.28. The first-order valence-corrected chi connectivity index (χ1v) is 7.95. The minimum absolute atomic E-state index is 0.0705. The Labute approximate surface area is 134 Å². The summed E-state index contributed by atoms with van der Waals surface area (Å²) in [5.74, 6) is 0.482. The van der Waals surface area contributed by atoms with Crippen LogP contribution in [0, 0.1) is 6.92 Å². The summed E-state index contributed by atoms with van der Waals surface area (Å²) in [7, 11) is 0. The van der Waals surface area contributed by atoms with Crippen LogP contribution < -0.4 is 10.1 Å². The van der Waals surface area contributed by atoms with Crippen molar-refractivity contribution in [3.05, 3.63) is 46.5 Å². The Morgan fingerprint density at radius 3 is 2.86 bits per heavy atom. The van der Waals surface area contributed by atoms with Crippen LogP contribution >= 0.6 is 11.5 Å². The van der Waals surface area contributed by atoms with Crippen LogP contribution in [-0.2, 0) is 0 Å². The lowest BCUT2D eigenvalue weighted by molar-refractivity contribution is 0.0916. The number of aromatic nitrogens is 1. The van der Waals surface area contributed by atoms with Crippen molar-refractivity contribution >= 4 is 17.4 Å². The predicted molar refractivity (Wildman–Crippen MR) is 86.4 cm³/mol. The van der Waals surface area contributed by atoms with E-state index in [1.807, 2.05) is 26.0 Å². The highest BCUT2D eigenvalue weighted by atomic mass is 32.1. The number of nitrogens with one attached hydrogen (secondary N) is 1. The van der Waals surface area contributed by atoms with Crippen LogP contribution in [0.15, 0.2) is 29.6 Å². The summed E-state index contributed by atoms with van der Waals surface area (Å²) in [6.07, 6.45) is -0.715. The van der Waals surface area contributed by atoms with Crippen molar-refractivity contribution in [3.63, 3.8) is 0 Å². The van der Waals surface area contributed by atoms with E-state index < -0.39 is 6.10 Å². The molecule has 1 atom stereocenters. The molecule has 22 heavy (non-hydrogen) atoms. The maximum absolute atomic E-state index is 12.0. The average Bonchev–Trinajstić information content (AvgIpc) is 2.90. The summed E-state index contributed by atoms with van der Waals surface area (Å²) in [5, 5.41) is 14.6. The fourth-order valence-electron chi connectivity index (χ4n) is 1.98. The molecule has 1 unspecified atom stereocenters. The largest absolute Gasteiger partial charge is 0.491 e. The SMILES string of the molecule is Cc1nscc1C(=O)NCC(O)c1cccc(OC(C)C)c1. The van der Waals surface area contributed by atoms with Crippen molar-refractivity contribution in [2.24, 2.45) is 0 Å². The second-order valence-corrected chi connectivity index (χ2v) is 5.91. The van der Waals surface area contributed by atoms with Crippen LogP contribution in [0.4, 0.5) is 0 Å². The topological polar surface area (TPSA) is 71.5 Å². The Morgan fingerprint density at radius 1 is 1.45 bits per heavy atom. The van der Waals surface area contributed by atoms with Crippen molar-refractivity contribution < 1.29 is 14.6 Å². The molecule has 0 saturated carbocycles. The molecule has 1 heterocycles. The minimum Gasteiger partial charge on any atom is -0.491 e. The third-order valence-corrected chi connectivity index (χ3v) is 3.79. The molecule has 0 saturated heterocycles. The number of carbonyl (C=O) groups is 1. The molecule has 118 valence electrons. The highest BCUT2D eigenvalue weighted by Crippen LogP contribution is 2.20. The molecule has 1 aromatic carbocycles. The van der Waals surface area contributed by atoms with Gasteiger partial charge in [0.15, 0.2) is 0 Å². The zero-order valence-electron chi connectivity index (χ0n) is 12.9. The van der Waals surface area contributed by atoms with Gasteiger partial charge in [-0.2, -0.15) is 4.37 Å². The van der Waals surface area contributed by atoms with E-state index in [-0.39, 0.29) is 18.6 Å². The molecule has 0 aliphatic heterocycles. The predicted octanol–water partition coefficient (Wildman–Crippen LogP) is 2.70. The fraction of sp³-hybridized carbons (Fsp3) is 0.375. The summed E-state index contributed by atoms with van der Waals surface area (Å²) in [4.78, 5) is 12.0. The maximum atomic E-state index is 12.0. The van der Waals surface area contributed by atoms with Gasteiger partial charge in [0.2, 0.25) is 0 Å². The first-order valence-electron chi connectivity index (χ1n) is 7.11. The summed E-state index contributed by atoms with van der Waals surface area (Å²) in [6.45, 7) is 5.81. The number of hydrogen-bond acceptors (Lipinski definition) is 5. The van der Waals surface area contributed by atoms with Crippen molar-refractivity contribution in [3.8, 4) is 5.75 Å². The molecule has 6 heteroatoms. The van der Waals surface area contributed by atoms with Crippen LogP contribution in [0.1, 0.15) is 41.6 Å². The van der Waals surface area contributed by atoms with Crippen molar-refractivity contribution in [1.29, 1.82) is 0 Å². The first-order chi connectivity index (χ1) is 10.5. The number of rotatable bonds is 6. The highest BCUT2D eigenvalue weighted by molar-refractivity contribution is 7.03. The van der Waals surface area contributed by atoms with Gasteiger partial charge in [-0.3, -0.25) is 4.79 Å². The lowest BCUT2D eigenvalue weighted by atomic mass is 10.1. The van der Waals surface area contributed by atoms with Crippen LogP contribution in [0.2, 0.25) is 0 Å². The zero-order valence-corrected chi connectivity index (χ0v) is 13.7. The van der Waals surface area contributed by atoms with Gasteiger partial charge in [0, 0.05) is 11.9 Å². The fourth-order valence-corrected chi connectivity index (χ4v) is 2.67. The number of aryl methyl sites for hydroxylation is 1. The number of hydrogen-bond donors (Lipinski definition) is 2. The Hall–Kier alpha value is -1.92. The Balaban J connectivity index is 1.96. The van der Waals surface area contributed by atoms with Crippen LogP contribution in [0.25, 0.3) is 0 Å². The van der Waals surface area contributed by atoms with E-state index in [9.17, 15) is 9.90 Å². The van der Waals surface area contributed by atoms with Crippen molar-refractivity contribution in [1.82, 2.24) is 9.69 Å². The molecule has 2 aromatic rings. The molecule has 0 spiro atoms. The summed E-state index contributed by atoms with van der Waals surface area (Å²) < 4.78 is 9.66. The van der Waals surface area contributed by atoms with Gasteiger partial charge in [-0.15, -0.1) is 0 Å². The van der Waals surface area contributed by atoms with Gasteiger partial charge in [0.1, 0.15) is 5.75 Å². The van der Waals surface area contributed by atoms with Crippen LogP contribution in [-0.4, -0.2) is 28.0 Å². The quantitative estimate of drug-likeness (QED) is 0.858. The van der Waals surface area contributed by atoms with Gasteiger partial charge in [-0.05, 0) is 50.0 Å². The van der Waals surface area contributed by atoms with Crippen molar-refractivity contribution in [2.45, 2.75) is 33.0 Å². The Kier molecular flexibility index (Phi) is 5.51. The second kappa shape index (κ2) is 7.38. The monoisotopic (exact) mass is 320 g/mol. The molecule has 1 amide bonds. The standard InChI is InChI=1S/C16H20N2O3S/c1-10(2)21-13-6-4-5-12(7-13)15(19)8-17-16(20)14-9-22-18-11(14)3/h4-7,9-10,15,19H,8H2,1-3H3,(H,17,20). The number of carbonyl (C=O) groups excluding carboxylic acids is 1. The minimum atomic E-state index is -0.786. The number of amides is 1. The average molecular weight is 320 g/mol. The molecule has 0 fully saturated rings. The van der Waals surface area contributed by atoms with E-state index in [2.05, 4.69) is 9.69 Å². The lowest BCUT2D eigenvalue weighted by Gasteiger charge is -2.15. The molecule has 2 rings (SSSR count). The van der Waals surface area contributed by atoms with Crippen LogP contribution in [0.3, 0.4) is 0 Å². The highest BCUT2D eigenvalue weighted by Gasteiger charge is 2.14. The lowest BCUT2D eigenvalue weighted by Crippen LogP contribution is -2.28. The van der Waals surface area contributed by atoms with Crippen LogP contribution in [0.5, 0.6) is 5.75 Å². The Morgan fingerprint density at radius 2 is 2.23 bits per heavy atom. The summed E-state index contributed by atoms with van der Waals surface area (Å²) >= 11 is 1.24. The van der Waals surface area contributed by atoms with E-state index in [0.717, 1.165) is 0 Å². The molecular formula is C16H20N2O3S. The van der Waals surface area contributed by atoms with E-state index >= 15 is 0 Å². The van der Waals surface area contributed by atoms with E-state index in [4.69, 9.17) is 4.74 Å². The number of benzene rings is 1. The number of aliphatic hydroxyl groups is 1. The number of nitrogens with zero attached hydrogens (tertiary/aromatic N) is 1. The smallest absolute Gasteiger partial charge is 0.254 e. The number of aliphatic hydroxyl groups excluding tert-OH is 1. The Bertz CT molecular complexity index is 640. The molecule has 5 nitrogen and oxygen atoms in total. The molecule has 2 N–H and O–H groups in total. The van der Waals surface area contributed by atoms with Gasteiger partial charge in [0.05, 0.1) is 23.5 Å². The summed E-state index contributed by atoms with van der Waals surface area (Å²) in [5.41, 5.74) is 1.96. The van der Waals surface area contributed by atoms with E-state index in [1.54, 1.807) is 24.4 Å². The van der Waals surface area contributed by atoms with E-state index in [1.165, 1.54) is 11.5 Å². The zero-order chi connectivity index (χ0) is 16.1. The maximum Gasteiger partial charge on any atom is 0.254 e. The number of ether oxygens (including phenoxy) is 1. The van der Waals surface area contributed by atoms with E-state index in [0.29, 0.717) is 22.6 Å². The first kappa shape index (κ1) is 16.5. The van der Waals surface area contributed by atoms with Gasteiger partial charge in [0.25, 0.3) is 5.91 Å². The molecule has 0 radical (unpaired) electrons. The van der Waals surface area contributed by atoms with Gasteiger partial charge >= 0.3 is 0 Å². The normalized spacial score (nSPS) is 12.2. The van der Waals surface area contributed by atoms with Gasteiger partial charge in [-0.25, -0.2) is 0 Å². The molecule has 1 aromatic heterocycles. The third kappa shape index (κ3) is 4.29. The molecule has 0 bridgehead atoms.